The molecule has 0 fully saturated rings. The average Bonchev–Trinajstić information content (AvgIpc) is 3.31. The predicted molar refractivity (Wildman–Crippen MR) is 146 cm³/mol. The van der Waals surface area contributed by atoms with E-state index < -0.39 is 17.7 Å². The minimum Gasteiger partial charge on any atom is -0.356 e. The van der Waals surface area contributed by atoms with Crippen LogP contribution in [0.3, 0.4) is 0 Å². The number of benzene rings is 3. The van der Waals surface area contributed by atoms with Crippen LogP contribution in [0.2, 0.25) is 0 Å². The molecule has 0 unspecified atom stereocenters. The first kappa shape index (κ1) is 27.1. The molecule has 0 bridgehead atoms. The number of amides is 1. The number of carbonyl (C=O) groups excluding carboxylic acids is 1. The van der Waals surface area contributed by atoms with Crippen molar-refractivity contribution in [1.82, 2.24) is 14.9 Å². The van der Waals surface area contributed by atoms with Crippen LogP contribution in [0.15, 0.2) is 103 Å². The maximum atomic E-state index is 13.5. The van der Waals surface area contributed by atoms with Gasteiger partial charge in [0, 0.05) is 60.8 Å². The molecule has 1 N–H and O–H groups in total. The molecule has 0 aliphatic carbocycles. The summed E-state index contributed by atoms with van der Waals surface area (Å²) in [7, 11) is 0. The lowest BCUT2D eigenvalue weighted by Gasteiger charge is -2.18. The number of para-hydroxylation sites is 1. The number of aromatic nitrogens is 2. The van der Waals surface area contributed by atoms with Crippen LogP contribution in [0.1, 0.15) is 40.3 Å². The van der Waals surface area contributed by atoms with E-state index in [9.17, 15) is 22.4 Å². The van der Waals surface area contributed by atoms with Crippen LogP contribution in [0.5, 0.6) is 0 Å². The van der Waals surface area contributed by atoms with Gasteiger partial charge in [0.2, 0.25) is 5.91 Å². The van der Waals surface area contributed by atoms with Gasteiger partial charge in [0.1, 0.15) is 5.82 Å². The maximum absolute atomic E-state index is 13.5. The Kier molecular flexibility index (Phi) is 7.96. The molecule has 0 spiro atoms. The first-order valence-electron chi connectivity index (χ1n) is 12.9. The van der Waals surface area contributed by atoms with Crippen molar-refractivity contribution in [3.8, 4) is 0 Å². The van der Waals surface area contributed by atoms with Gasteiger partial charge in [-0.05, 0) is 59.2 Å². The van der Waals surface area contributed by atoms with Crippen LogP contribution in [0.25, 0.3) is 10.9 Å². The number of fused-ring (bicyclic) bond motifs is 1. The summed E-state index contributed by atoms with van der Waals surface area (Å²) < 4.78 is 55.3. The largest absolute Gasteiger partial charge is 0.416 e. The summed E-state index contributed by atoms with van der Waals surface area (Å²) in [5.41, 5.74) is 3.36. The second kappa shape index (κ2) is 11.7. The standard InChI is InChI=1S/C32H27F4N3O/c33-25-14-8-22(9-15-25)20-39-21-29(27-6-1-2-7-30(27)39)28(23-10-12-24(13-11-23)32(34,35)36)19-31(40)38-18-16-26-5-3-4-17-37-26/h1-15,17,21,28H,16,18-20H2,(H,38,40)/t28-/m0/s1. The first-order chi connectivity index (χ1) is 19.3. The summed E-state index contributed by atoms with van der Waals surface area (Å²) in [6.07, 6.45) is -0.203. The molecule has 0 aliphatic rings. The number of halogens is 4. The summed E-state index contributed by atoms with van der Waals surface area (Å²) >= 11 is 0. The molecule has 0 saturated heterocycles. The number of alkyl halides is 3. The predicted octanol–water partition coefficient (Wildman–Crippen LogP) is 7.12. The van der Waals surface area contributed by atoms with Gasteiger partial charge in [-0.1, -0.05) is 48.5 Å². The highest BCUT2D eigenvalue weighted by atomic mass is 19.4. The zero-order chi connectivity index (χ0) is 28.1. The molecular formula is C32H27F4N3O. The van der Waals surface area contributed by atoms with Crippen molar-refractivity contribution in [2.45, 2.75) is 31.5 Å². The van der Waals surface area contributed by atoms with Crippen LogP contribution in [0, 0.1) is 5.82 Å². The van der Waals surface area contributed by atoms with Gasteiger partial charge >= 0.3 is 6.18 Å². The molecule has 1 amide bonds. The number of rotatable bonds is 9. The van der Waals surface area contributed by atoms with Gasteiger partial charge in [0.15, 0.2) is 0 Å². The molecule has 0 radical (unpaired) electrons. The quantitative estimate of drug-likeness (QED) is 0.201. The second-order valence-corrected chi connectivity index (χ2v) is 9.65. The molecule has 204 valence electrons. The lowest BCUT2D eigenvalue weighted by Crippen LogP contribution is -2.27. The number of nitrogens with zero attached hydrogens (tertiary/aromatic N) is 2. The highest BCUT2D eigenvalue weighted by molar-refractivity contribution is 5.86. The number of hydrogen-bond acceptors (Lipinski definition) is 2. The van der Waals surface area contributed by atoms with Crippen LogP contribution in [-0.4, -0.2) is 22.0 Å². The highest BCUT2D eigenvalue weighted by Gasteiger charge is 2.31. The molecule has 5 rings (SSSR count). The maximum Gasteiger partial charge on any atom is 0.416 e. The molecule has 0 saturated carbocycles. The van der Waals surface area contributed by atoms with Crippen molar-refractivity contribution in [2.24, 2.45) is 0 Å². The zero-order valence-corrected chi connectivity index (χ0v) is 21.5. The minimum atomic E-state index is -4.46. The first-order valence-corrected chi connectivity index (χ1v) is 12.9. The van der Waals surface area contributed by atoms with E-state index >= 15 is 0 Å². The number of hydrogen-bond donors (Lipinski definition) is 1. The smallest absolute Gasteiger partial charge is 0.356 e. The summed E-state index contributed by atoms with van der Waals surface area (Å²) in [6.45, 7) is 0.860. The molecule has 1 atom stereocenters. The van der Waals surface area contributed by atoms with E-state index in [2.05, 4.69) is 10.3 Å². The average molecular weight is 546 g/mol. The van der Waals surface area contributed by atoms with E-state index in [1.54, 1.807) is 18.3 Å². The molecule has 40 heavy (non-hydrogen) atoms. The van der Waals surface area contributed by atoms with Crippen molar-refractivity contribution >= 4 is 16.8 Å². The Labute approximate surface area is 229 Å². The second-order valence-electron chi connectivity index (χ2n) is 9.65. The van der Waals surface area contributed by atoms with Crippen LogP contribution >= 0.6 is 0 Å². The normalized spacial score (nSPS) is 12.4. The molecule has 8 heteroatoms. The molecule has 2 heterocycles. The molecule has 4 nitrogen and oxygen atoms in total. The number of nitrogens with one attached hydrogen (secondary N) is 1. The fraction of sp³-hybridized carbons (Fsp3) is 0.188. The van der Waals surface area contributed by atoms with E-state index in [-0.39, 0.29) is 18.1 Å². The van der Waals surface area contributed by atoms with E-state index in [0.29, 0.717) is 25.1 Å². The summed E-state index contributed by atoms with van der Waals surface area (Å²) in [5, 5.41) is 3.83. The van der Waals surface area contributed by atoms with E-state index in [1.165, 1.54) is 24.3 Å². The Morgan fingerprint density at radius 2 is 1.62 bits per heavy atom. The van der Waals surface area contributed by atoms with E-state index in [4.69, 9.17) is 0 Å². The minimum absolute atomic E-state index is 0.0537. The van der Waals surface area contributed by atoms with Crippen molar-refractivity contribution in [1.29, 1.82) is 0 Å². The van der Waals surface area contributed by atoms with Gasteiger partial charge < -0.3 is 9.88 Å². The topological polar surface area (TPSA) is 46.9 Å². The third-order valence-corrected chi connectivity index (χ3v) is 6.92. The molecule has 0 aliphatic heterocycles. The number of pyridine rings is 1. The fourth-order valence-electron chi connectivity index (χ4n) is 4.92. The Morgan fingerprint density at radius 1 is 0.900 bits per heavy atom. The van der Waals surface area contributed by atoms with Crippen LogP contribution in [0.4, 0.5) is 17.6 Å². The van der Waals surface area contributed by atoms with Gasteiger partial charge in [0.25, 0.3) is 0 Å². The molecule has 3 aromatic carbocycles. The summed E-state index contributed by atoms with van der Waals surface area (Å²) in [4.78, 5) is 17.4. The van der Waals surface area contributed by atoms with Crippen LogP contribution < -0.4 is 5.32 Å². The van der Waals surface area contributed by atoms with E-state index in [1.807, 2.05) is 53.2 Å². The Morgan fingerprint density at radius 3 is 2.33 bits per heavy atom. The van der Waals surface area contributed by atoms with Gasteiger partial charge in [-0.2, -0.15) is 13.2 Å². The van der Waals surface area contributed by atoms with Gasteiger partial charge in [-0.3, -0.25) is 9.78 Å². The highest BCUT2D eigenvalue weighted by Crippen LogP contribution is 2.37. The summed E-state index contributed by atoms with van der Waals surface area (Å²) in [5.74, 6) is -1.02. The fourth-order valence-corrected chi connectivity index (χ4v) is 4.92. The molecule has 5 aromatic rings. The van der Waals surface area contributed by atoms with Gasteiger partial charge in [0.05, 0.1) is 5.56 Å². The number of carbonyl (C=O) groups is 1. The zero-order valence-electron chi connectivity index (χ0n) is 21.5. The monoisotopic (exact) mass is 545 g/mol. The Hall–Kier alpha value is -4.46. The lowest BCUT2D eigenvalue weighted by molar-refractivity contribution is -0.137. The Balaban J connectivity index is 1.47. The SMILES string of the molecule is O=C(C[C@@H](c1ccc(C(F)(F)F)cc1)c1cn(Cc2ccc(F)cc2)c2ccccc12)NCCc1ccccn1. The van der Waals surface area contributed by atoms with Gasteiger partial charge in [-0.25, -0.2) is 4.39 Å². The third-order valence-electron chi connectivity index (χ3n) is 6.92. The molecular weight excluding hydrogens is 518 g/mol. The molecule has 2 aromatic heterocycles. The van der Waals surface area contributed by atoms with Crippen molar-refractivity contribution in [2.75, 3.05) is 6.54 Å². The van der Waals surface area contributed by atoms with Gasteiger partial charge in [-0.15, -0.1) is 0 Å². The van der Waals surface area contributed by atoms with E-state index in [0.717, 1.165) is 39.9 Å². The van der Waals surface area contributed by atoms with Crippen LogP contribution in [-0.2, 0) is 23.9 Å². The van der Waals surface area contributed by atoms with Crippen molar-refractivity contribution < 1.29 is 22.4 Å². The Bertz CT molecular complexity index is 1580. The third kappa shape index (κ3) is 6.39. The van der Waals surface area contributed by atoms with Crippen molar-refractivity contribution in [3.63, 3.8) is 0 Å². The summed E-state index contributed by atoms with van der Waals surface area (Å²) in [6, 6.07) is 24.5. The lowest BCUT2D eigenvalue weighted by atomic mass is 9.87. The van der Waals surface area contributed by atoms with Crippen molar-refractivity contribution in [3.05, 3.63) is 137 Å².